The summed E-state index contributed by atoms with van der Waals surface area (Å²) in [6.45, 7) is 4.57. The minimum absolute atomic E-state index is 0.193. The molecule has 0 aliphatic heterocycles. The normalized spacial score (nSPS) is 38.8. The van der Waals surface area contributed by atoms with Gasteiger partial charge in [0.15, 0.2) is 0 Å². The van der Waals surface area contributed by atoms with Crippen LogP contribution in [0.25, 0.3) is 0 Å². The molecule has 2 aliphatic carbocycles. The van der Waals surface area contributed by atoms with Crippen LogP contribution in [0.15, 0.2) is 12.3 Å². The molecule has 1 aromatic heterocycles. The molecule has 1 saturated carbocycles. The predicted molar refractivity (Wildman–Crippen MR) is 52.5 cm³/mol. The molecule has 14 heavy (non-hydrogen) atoms. The van der Waals surface area contributed by atoms with Crippen LogP contribution < -0.4 is 0 Å². The van der Waals surface area contributed by atoms with Gasteiger partial charge in [0.2, 0.25) is 0 Å². The van der Waals surface area contributed by atoms with E-state index in [1.165, 1.54) is 18.3 Å². The second kappa shape index (κ2) is 2.36. The van der Waals surface area contributed by atoms with Crippen LogP contribution in [0, 0.1) is 17.7 Å². The lowest BCUT2D eigenvalue weighted by Gasteiger charge is -2.08. The number of halogens is 1. The van der Waals surface area contributed by atoms with Crippen molar-refractivity contribution in [2.24, 2.45) is 11.8 Å². The van der Waals surface area contributed by atoms with Crippen LogP contribution in [-0.4, -0.2) is 4.98 Å². The maximum Gasteiger partial charge on any atom is 0.141 e. The fourth-order valence-corrected chi connectivity index (χ4v) is 3.30. The molecule has 3 rings (SSSR count). The highest BCUT2D eigenvalue weighted by molar-refractivity contribution is 5.41. The summed E-state index contributed by atoms with van der Waals surface area (Å²) in [5.74, 6) is 1.25. The van der Waals surface area contributed by atoms with Gasteiger partial charge in [0.05, 0.1) is 11.9 Å². The number of pyridine rings is 1. The number of nitrogens with zero attached hydrogens (tertiary/aromatic N) is 1. The monoisotopic (exact) mass is 191 g/mol. The van der Waals surface area contributed by atoms with Crippen LogP contribution in [-0.2, 0) is 11.8 Å². The standard InChI is InChI=1S/C12H14FN/c1-7-8(2)12(7)4-3-9-5-10(13)6-14-11(9)12/h5-8H,3-4H2,1-2H3. The molecule has 74 valence electrons. The lowest BCUT2D eigenvalue weighted by molar-refractivity contribution is 0.581. The third kappa shape index (κ3) is 0.776. The molecule has 1 nitrogen and oxygen atoms in total. The topological polar surface area (TPSA) is 12.9 Å². The first-order valence-electron chi connectivity index (χ1n) is 5.31. The van der Waals surface area contributed by atoms with Gasteiger partial charge in [-0.15, -0.1) is 0 Å². The summed E-state index contributed by atoms with van der Waals surface area (Å²) < 4.78 is 13.0. The van der Waals surface area contributed by atoms with Gasteiger partial charge < -0.3 is 0 Å². The Kier molecular flexibility index (Phi) is 1.41. The third-order valence-electron chi connectivity index (χ3n) is 4.45. The molecule has 0 N–H and O–H groups in total. The van der Waals surface area contributed by atoms with E-state index in [1.54, 1.807) is 6.07 Å². The first-order chi connectivity index (χ1) is 6.66. The van der Waals surface area contributed by atoms with E-state index in [9.17, 15) is 4.39 Å². The Labute approximate surface area is 83.4 Å². The van der Waals surface area contributed by atoms with Crippen molar-refractivity contribution in [1.82, 2.24) is 4.98 Å². The van der Waals surface area contributed by atoms with Crippen LogP contribution in [0.1, 0.15) is 31.5 Å². The molecule has 1 aromatic rings. The summed E-state index contributed by atoms with van der Waals surface area (Å²) in [5, 5.41) is 0. The molecule has 0 radical (unpaired) electrons. The summed E-state index contributed by atoms with van der Waals surface area (Å²) in [6, 6.07) is 1.66. The Balaban J connectivity index is 2.12. The van der Waals surface area contributed by atoms with Crippen molar-refractivity contribution in [1.29, 1.82) is 0 Å². The zero-order valence-corrected chi connectivity index (χ0v) is 8.55. The Morgan fingerprint density at radius 1 is 1.43 bits per heavy atom. The van der Waals surface area contributed by atoms with E-state index in [-0.39, 0.29) is 5.82 Å². The minimum atomic E-state index is -0.193. The van der Waals surface area contributed by atoms with Crippen LogP contribution in [0.5, 0.6) is 0 Å². The molecule has 2 atom stereocenters. The number of aromatic nitrogens is 1. The SMILES string of the molecule is CC1C(C)C12CCc1cc(F)cnc12. The highest BCUT2D eigenvalue weighted by atomic mass is 19.1. The first-order valence-corrected chi connectivity index (χ1v) is 5.31. The highest BCUT2D eigenvalue weighted by Gasteiger charge is 2.63. The van der Waals surface area contributed by atoms with Crippen molar-refractivity contribution in [2.45, 2.75) is 32.1 Å². The Hall–Kier alpha value is -0.920. The number of hydrogen-bond donors (Lipinski definition) is 0. The van der Waals surface area contributed by atoms with Gasteiger partial charge in [-0.1, -0.05) is 13.8 Å². The van der Waals surface area contributed by atoms with Gasteiger partial charge in [0, 0.05) is 5.41 Å². The lowest BCUT2D eigenvalue weighted by atomic mass is 9.99. The van der Waals surface area contributed by atoms with Crippen molar-refractivity contribution in [3.8, 4) is 0 Å². The predicted octanol–water partition coefficient (Wildman–Crippen LogP) is 2.69. The van der Waals surface area contributed by atoms with Gasteiger partial charge >= 0.3 is 0 Å². The van der Waals surface area contributed by atoms with Crippen molar-refractivity contribution >= 4 is 0 Å². The van der Waals surface area contributed by atoms with Crippen LogP contribution in [0.2, 0.25) is 0 Å². The first kappa shape index (κ1) is 8.39. The second-order valence-electron chi connectivity index (χ2n) is 4.78. The fourth-order valence-electron chi connectivity index (χ4n) is 3.30. The number of aryl methyl sites for hydroxylation is 1. The third-order valence-corrected chi connectivity index (χ3v) is 4.45. The molecule has 2 heteroatoms. The maximum absolute atomic E-state index is 13.0. The van der Waals surface area contributed by atoms with Crippen molar-refractivity contribution in [3.05, 3.63) is 29.3 Å². The van der Waals surface area contributed by atoms with Gasteiger partial charge in [0.25, 0.3) is 0 Å². The van der Waals surface area contributed by atoms with Gasteiger partial charge in [-0.2, -0.15) is 0 Å². The van der Waals surface area contributed by atoms with Crippen molar-refractivity contribution < 1.29 is 4.39 Å². The Morgan fingerprint density at radius 3 is 2.79 bits per heavy atom. The van der Waals surface area contributed by atoms with E-state index < -0.39 is 0 Å². The van der Waals surface area contributed by atoms with E-state index in [4.69, 9.17) is 0 Å². The highest BCUT2D eigenvalue weighted by Crippen LogP contribution is 2.64. The second-order valence-corrected chi connectivity index (χ2v) is 4.78. The van der Waals surface area contributed by atoms with E-state index in [1.807, 2.05) is 0 Å². The molecule has 0 amide bonds. The summed E-state index contributed by atoms with van der Waals surface area (Å²) >= 11 is 0. The zero-order chi connectivity index (χ0) is 9.92. The molecular formula is C12H14FN. The molecule has 2 unspecified atom stereocenters. The van der Waals surface area contributed by atoms with E-state index in [0.29, 0.717) is 5.41 Å². The summed E-state index contributed by atoms with van der Waals surface area (Å²) in [4.78, 5) is 4.30. The average molecular weight is 191 g/mol. The summed E-state index contributed by atoms with van der Waals surface area (Å²) in [7, 11) is 0. The quantitative estimate of drug-likeness (QED) is 0.614. The van der Waals surface area contributed by atoms with E-state index in [2.05, 4.69) is 18.8 Å². The van der Waals surface area contributed by atoms with Crippen LogP contribution >= 0.6 is 0 Å². The average Bonchev–Trinajstić information content (AvgIpc) is 2.60. The molecule has 1 fully saturated rings. The minimum Gasteiger partial charge on any atom is -0.257 e. The molecule has 0 aromatic carbocycles. The van der Waals surface area contributed by atoms with Gasteiger partial charge in [-0.3, -0.25) is 4.98 Å². The van der Waals surface area contributed by atoms with Crippen molar-refractivity contribution in [3.63, 3.8) is 0 Å². The van der Waals surface area contributed by atoms with Gasteiger partial charge in [-0.25, -0.2) is 4.39 Å². The lowest BCUT2D eigenvalue weighted by Crippen LogP contribution is -2.08. The largest absolute Gasteiger partial charge is 0.257 e. The van der Waals surface area contributed by atoms with Gasteiger partial charge in [0.1, 0.15) is 5.82 Å². The van der Waals surface area contributed by atoms with Crippen molar-refractivity contribution in [2.75, 3.05) is 0 Å². The molecule has 0 saturated heterocycles. The number of rotatable bonds is 0. The number of fused-ring (bicyclic) bond motifs is 2. The molecule has 2 aliphatic rings. The zero-order valence-electron chi connectivity index (χ0n) is 8.55. The van der Waals surface area contributed by atoms with Gasteiger partial charge in [-0.05, 0) is 36.3 Å². The summed E-state index contributed by atoms with van der Waals surface area (Å²) in [5.41, 5.74) is 2.63. The fraction of sp³-hybridized carbons (Fsp3) is 0.583. The molecule has 0 bridgehead atoms. The Morgan fingerprint density at radius 2 is 2.14 bits per heavy atom. The van der Waals surface area contributed by atoms with Crippen LogP contribution in [0.4, 0.5) is 4.39 Å². The summed E-state index contributed by atoms with van der Waals surface area (Å²) in [6.07, 6.45) is 3.54. The van der Waals surface area contributed by atoms with E-state index in [0.717, 1.165) is 23.8 Å². The number of hydrogen-bond acceptors (Lipinski definition) is 1. The Bertz CT molecular complexity index is 391. The smallest absolute Gasteiger partial charge is 0.141 e. The molecular weight excluding hydrogens is 177 g/mol. The molecule has 1 heterocycles. The van der Waals surface area contributed by atoms with Crippen LogP contribution in [0.3, 0.4) is 0 Å². The molecule has 1 spiro atoms. The maximum atomic E-state index is 13.0. The van der Waals surface area contributed by atoms with E-state index >= 15 is 0 Å².